The molecule has 88 valence electrons. The lowest BCUT2D eigenvalue weighted by Crippen LogP contribution is -2.04. The lowest BCUT2D eigenvalue weighted by atomic mass is 10.1. The molecule has 0 aliphatic carbocycles. The molecule has 17 heavy (non-hydrogen) atoms. The standard InChI is InChI=1S/C14H14O3/c1-9-2-3-11-12(6-9)14(5-4-13(11)15)17-8-10-7-16-10/h2-6,10,15H,7-8H2,1H3. The highest BCUT2D eigenvalue weighted by molar-refractivity contribution is 5.93. The van der Waals surface area contributed by atoms with E-state index < -0.39 is 0 Å². The number of phenols is 1. The quantitative estimate of drug-likeness (QED) is 0.824. The van der Waals surface area contributed by atoms with Gasteiger partial charge < -0.3 is 14.6 Å². The molecule has 3 rings (SSSR count). The highest BCUT2D eigenvalue weighted by atomic mass is 16.6. The zero-order chi connectivity index (χ0) is 11.8. The molecule has 0 saturated carbocycles. The summed E-state index contributed by atoms with van der Waals surface area (Å²) >= 11 is 0. The van der Waals surface area contributed by atoms with E-state index in [0.717, 1.165) is 28.7 Å². The van der Waals surface area contributed by atoms with E-state index in [9.17, 15) is 5.11 Å². The maximum Gasteiger partial charge on any atom is 0.127 e. The Hall–Kier alpha value is -1.74. The molecule has 0 aromatic heterocycles. The Kier molecular flexibility index (Phi) is 2.41. The second-order valence-electron chi connectivity index (χ2n) is 4.40. The topological polar surface area (TPSA) is 42.0 Å². The summed E-state index contributed by atoms with van der Waals surface area (Å²) in [6.07, 6.45) is 0.240. The van der Waals surface area contributed by atoms with Crippen LogP contribution >= 0.6 is 0 Å². The van der Waals surface area contributed by atoms with Gasteiger partial charge in [-0.2, -0.15) is 0 Å². The fraction of sp³-hybridized carbons (Fsp3) is 0.286. The summed E-state index contributed by atoms with van der Waals surface area (Å²) in [4.78, 5) is 0. The van der Waals surface area contributed by atoms with Gasteiger partial charge >= 0.3 is 0 Å². The van der Waals surface area contributed by atoms with Crippen LogP contribution in [-0.2, 0) is 4.74 Å². The van der Waals surface area contributed by atoms with Gasteiger partial charge in [0.15, 0.2) is 0 Å². The molecule has 1 heterocycles. The lowest BCUT2D eigenvalue weighted by Gasteiger charge is -2.10. The summed E-state index contributed by atoms with van der Waals surface area (Å²) in [5.74, 6) is 1.09. The van der Waals surface area contributed by atoms with E-state index in [1.54, 1.807) is 12.1 Å². The number of phenolic OH excluding ortho intramolecular Hbond substituents is 1. The van der Waals surface area contributed by atoms with Crippen molar-refractivity contribution < 1.29 is 14.6 Å². The van der Waals surface area contributed by atoms with Crippen molar-refractivity contribution in [2.75, 3.05) is 13.2 Å². The van der Waals surface area contributed by atoms with Crippen LogP contribution in [0.1, 0.15) is 5.56 Å². The largest absolute Gasteiger partial charge is 0.507 e. The van der Waals surface area contributed by atoms with Gasteiger partial charge in [0.05, 0.1) is 6.61 Å². The average molecular weight is 230 g/mol. The number of benzene rings is 2. The van der Waals surface area contributed by atoms with E-state index in [1.165, 1.54) is 0 Å². The lowest BCUT2D eigenvalue weighted by molar-refractivity contribution is 0.265. The van der Waals surface area contributed by atoms with Crippen LogP contribution in [0.3, 0.4) is 0 Å². The third-order valence-corrected chi connectivity index (χ3v) is 2.94. The highest BCUT2D eigenvalue weighted by Gasteiger charge is 2.23. The Bertz CT molecular complexity index is 559. The maximum atomic E-state index is 9.80. The minimum atomic E-state index is 0.240. The van der Waals surface area contributed by atoms with Gasteiger partial charge in [0, 0.05) is 10.8 Å². The van der Waals surface area contributed by atoms with Gasteiger partial charge in [0.2, 0.25) is 0 Å². The van der Waals surface area contributed by atoms with Gasteiger partial charge in [-0.3, -0.25) is 0 Å². The van der Waals surface area contributed by atoms with Gasteiger partial charge in [0.1, 0.15) is 24.2 Å². The molecule has 1 unspecified atom stereocenters. The molecule has 1 saturated heterocycles. The van der Waals surface area contributed by atoms with Crippen molar-refractivity contribution in [3.8, 4) is 11.5 Å². The second-order valence-corrected chi connectivity index (χ2v) is 4.40. The zero-order valence-electron chi connectivity index (χ0n) is 9.64. The van der Waals surface area contributed by atoms with Crippen molar-refractivity contribution in [1.29, 1.82) is 0 Å². The maximum absolute atomic E-state index is 9.80. The smallest absolute Gasteiger partial charge is 0.127 e. The third kappa shape index (κ3) is 2.06. The Morgan fingerprint density at radius 1 is 1.29 bits per heavy atom. The summed E-state index contributed by atoms with van der Waals surface area (Å²) in [7, 11) is 0. The monoisotopic (exact) mass is 230 g/mol. The molecule has 1 aliphatic heterocycles. The van der Waals surface area contributed by atoms with Crippen molar-refractivity contribution >= 4 is 10.8 Å². The molecule has 3 heteroatoms. The van der Waals surface area contributed by atoms with Crippen LogP contribution in [0.4, 0.5) is 0 Å². The molecular weight excluding hydrogens is 216 g/mol. The Morgan fingerprint density at radius 2 is 2.12 bits per heavy atom. The van der Waals surface area contributed by atoms with Crippen LogP contribution in [0.5, 0.6) is 11.5 Å². The normalized spacial score (nSPS) is 18.3. The first-order chi connectivity index (χ1) is 8.24. The van der Waals surface area contributed by atoms with Gasteiger partial charge in [-0.25, -0.2) is 0 Å². The average Bonchev–Trinajstić information content (AvgIpc) is 3.12. The predicted octanol–water partition coefficient (Wildman–Crippen LogP) is 2.63. The number of hydrogen-bond acceptors (Lipinski definition) is 3. The first-order valence-corrected chi connectivity index (χ1v) is 5.71. The number of aromatic hydroxyl groups is 1. The van der Waals surface area contributed by atoms with Crippen LogP contribution in [0.2, 0.25) is 0 Å². The molecule has 3 nitrogen and oxygen atoms in total. The van der Waals surface area contributed by atoms with Gasteiger partial charge in [-0.1, -0.05) is 17.7 Å². The molecule has 1 N–H and O–H groups in total. The molecule has 0 spiro atoms. The van der Waals surface area contributed by atoms with Crippen LogP contribution in [-0.4, -0.2) is 24.4 Å². The van der Waals surface area contributed by atoms with Crippen LogP contribution in [0.15, 0.2) is 30.3 Å². The Morgan fingerprint density at radius 3 is 2.88 bits per heavy atom. The molecule has 0 amide bonds. The molecule has 1 fully saturated rings. The fourth-order valence-electron chi connectivity index (χ4n) is 1.89. The SMILES string of the molecule is Cc1ccc2c(O)ccc(OCC3CO3)c2c1. The molecule has 1 aliphatic rings. The minimum Gasteiger partial charge on any atom is -0.507 e. The first kappa shape index (κ1) is 10.4. The molecule has 0 bridgehead atoms. The summed E-state index contributed by atoms with van der Waals surface area (Å²) in [5, 5.41) is 11.6. The van der Waals surface area contributed by atoms with Gasteiger partial charge in [0.25, 0.3) is 0 Å². The number of aryl methyl sites for hydroxylation is 1. The Balaban J connectivity index is 2.03. The van der Waals surface area contributed by atoms with Crippen molar-refractivity contribution in [1.82, 2.24) is 0 Å². The van der Waals surface area contributed by atoms with E-state index in [0.29, 0.717) is 6.61 Å². The number of epoxide rings is 1. The van der Waals surface area contributed by atoms with E-state index in [-0.39, 0.29) is 11.9 Å². The summed E-state index contributed by atoms with van der Waals surface area (Å²) < 4.78 is 10.8. The van der Waals surface area contributed by atoms with E-state index in [4.69, 9.17) is 9.47 Å². The molecule has 2 aromatic rings. The van der Waals surface area contributed by atoms with Crippen LogP contribution in [0.25, 0.3) is 10.8 Å². The highest BCUT2D eigenvalue weighted by Crippen LogP contribution is 2.33. The minimum absolute atomic E-state index is 0.240. The molecule has 0 radical (unpaired) electrons. The van der Waals surface area contributed by atoms with Crippen LogP contribution in [0, 0.1) is 6.92 Å². The number of hydrogen-bond donors (Lipinski definition) is 1. The second kappa shape index (κ2) is 3.93. The number of rotatable bonds is 3. The third-order valence-electron chi connectivity index (χ3n) is 2.94. The van der Waals surface area contributed by atoms with Gasteiger partial charge in [-0.05, 0) is 25.1 Å². The van der Waals surface area contributed by atoms with E-state index >= 15 is 0 Å². The molecule has 2 aromatic carbocycles. The zero-order valence-corrected chi connectivity index (χ0v) is 9.64. The van der Waals surface area contributed by atoms with Crippen molar-refractivity contribution in [2.24, 2.45) is 0 Å². The predicted molar refractivity (Wildman–Crippen MR) is 65.6 cm³/mol. The first-order valence-electron chi connectivity index (χ1n) is 5.71. The molecular formula is C14H14O3. The van der Waals surface area contributed by atoms with E-state index in [2.05, 4.69) is 0 Å². The van der Waals surface area contributed by atoms with Crippen molar-refractivity contribution in [2.45, 2.75) is 13.0 Å². The summed E-state index contributed by atoms with van der Waals surface area (Å²) in [6, 6.07) is 9.40. The summed E-state index contributed by atoms with van der Waals surface area (Å²) in [5.41, 5.74) is 1.15. The molecule has 1 atom stereocenters. The summed E-state index contributed by atoms with van der Waals surface area (Å²) in [6.45, 7) is 3.39. The fourth-order valence-corrected chi connectivity index (χ4v) is 1.89. The number of fused-ring (bicyclic) bond motifs is 1. The Labute approximate surface area is 99.6 Å². The van der Waals surface area contributed by atoms with Gasteiger partial charge in [-0.15, -0.1) is 0 Å². The van der Waals surface area contributed by atoms with Crippen molar-refractivity contribution in [3.05, 3.63) is 35.9 Å². The van der Waals surface area contributed by atoms with Crippen LogP contribution < -0.4 is 4.74 Å². The van der Waals surface area contributed by atoms with Crippen molar-refractivity contribution in [3.63, 3.8) is 0 Å². The van der Waals surface area contributed by atoms with E-state index in [1.807, 2.05) is 25.1 Å². The number of ether oxygens (including phenoxy) is 2.